The Kier molecular flexibility index (Phi) is 3.22. The zero-order valence-electron chi connectivity index (χ0n) is 8.53. The predicted molar refractivity (Wildman–Crippen MR) is 61.7 cm³/mol. The lowest BCUT2D eigenvalue weighted by atomic mass is 10.1. The molecule has 0 fully saturated rings. The third-order valence-electron chi connectivity index (χ3n) is 2.25. The van der Waals surface area contributed by atoms with Crippen molar-refractivity contribution in [3.05, 3.63) is 41.3 Å². The first kappa shape index (κ1) is 11.1. The Bertz CT molecular complexity index is 478. The fourth-order valence-electron chi connectivity index (χ4n) is 1.55. The highest BCUT2D eigenvalue weighted by molar-refractivity contribution is 6.33. The minimum absolute atomic E-state index is 0.273. The van der Waals surface area contributed by atoms with Crippen LogP contribution in [0.1, 0.15) is 0 Å². The van der Waals surface area contributed by atoms with Crippen molar-refractivity contribution in [2.45, 2.75) is 6.54 Å². The largest absolute Gasteiger partial charge is 0.329 e. The molecule has 1 heterocycles. The highest BCUT2D eigenvalue weighted by Gasteiger charge is 2.10. The zero-order chi connectivity index (χ0) is 11.5. The van der Waals surface area contributed by atoms with Crippen molar-refractivity contribution in [1.82, 2.24) is 9.78 Å². The van der Waals surface area contributed by atoms with Crippen LogP contribution in [-0.4, -0.2) is 16.3 Å². The summed E-state index contributed by atoms with van der Waals surface area (Å²) in [6.07, 6.45) is 1.57. The molecule has 84 valence electrons. The zero-order valence-corrected chi connectivity index (χ0v) is 9.28. The van der Waals surface area contributed by atoms with Gasteiger partial charge in [0.2, 0.25) is 0 Å². The molecular weight excluding hydrogens is 229 g/mol. The van der Waals surface area contributed by atoms with Gasteiger partial charge in [-0.05, 0) is 24.3 Å². The number of hydrogen-bond acceptors (Lipinski definition) is 2. The van der Waals surface area contributed by atoms with Gasteiger partial charge < -0.3 is 5.73 Å². The molecule has 0 amide bonds. The molecule has 0 aliphatic rings. The van der Waals surface area contributed by atoms with Crippen molar-refractivity contribution in [3.8, 4) is 11.3 Å². The lowest BCUT2D eigenvalue weighted by molar-refractivity contribution is 0.625. The van der Waals surface area contributed by atoms with Gasteiger partial charge in [-0.3, -0.25) is 4.68 Å². The Morgan fingerprint density at radius 2 is 2.00 bits per heavy atom. The molecule has 2 N–H and O–H groups in total. The van der Waals surface area contributed by atoms with Crippen molar-refractivity contribution in [1.29, 1.82) is 0 Å². The highest BCUT2D eigenvalue weighted by atomic mass is 35.5. The van der Waals surface area contributed by atoms with E-state index in [9.17, 15) is 4.39 Å². The Balaban J connectivity index is 2.45. The van der Waals surface area contributed by atoms with E-state index < -0.39 is 0 Å². The first-order valence-corrected chi connectivity index (χ1v) is 5.27. The SMILES string of the molecule is NCCn1ncc(Cl)c1-c1ccc(F)cc1. The molecule has 1 aromatic heterocycles. The molecule has 2 aromatic rings. The van der Waals surface area contributed by atoms with Crippen LogP contribution >= 0.6 is 11.6 Å². The summed E-state index contributed by atoms with van der Waals surface area (Å²) in [5, 5.41) is 4.66. The van der Waals surface area contributed by atoms with Gasteiger partial charge in [-0.1, -0.05) is 11.6 Å². The number of halogens is 2. The van der Waals surface area contributed by atoms with Gasteiger partial charge in [0.05, 0.1) is 23.5 Å². The first-order chi connectivity index (χ1) is 7.72. The number of benzene rings is 1. The summed E-state index contributed by atoms with van der Waals surface area (Å²) in [5.41, 5.74) is 7.08. The van der Waals surface area contributed by atoms with Crippen LogP contribution in [0.4, 0.5) is 4.39 Å². The van der Waals surface area contributed by atoms with E-state index in [2.05, 4.69) is 5.10 Å². The van der Waals surface area contributed by atoms with Gasteiger partial charge in [0.1, 0.15) is 5.82 Å². The van der Waals surface area contributed by atoms with E-state index in [4.69, 9.17) is 17.3 Å². The van der Waals surface area contributed by atoms with Crippen LogP contribution in [0.25, 0.3) is 11.3 Å². The average molecular weight is 240 g/mol. The minimum Gasteiger partial charge on any atom is -0.329 e. The van der Waals surface area contributed by atoms with Crippen LogP contribution in [0.2, 0.25) is 5.02 Å². The quantitative estimate of drug-likeness (QED) is 0.893. The van der Waals surface area contributed by atoms with Crippen LogP contribution in [0.3, 0.4) is 0 Å². The van der Waals surface area contributed by atoms with Crippen LogP contribution in [0.5, 0.6) is 0 Å². The van der Waals surface area contributed by atoms with Crippen LogP contribution in [0.15, 0.2) is 30.5 Å². The fourth-order valence-corrected chi connectivity index (χ4v) is 1.80. The summed E-state index contributed by atoms with van der Waals surface area (Å²) in [6, 6.07) is 6.13. The van der Waals surface area contributed by atoms with Crippen molar-refractivity contribution < 1.29 is 4.39 Å². The van der Waals surface area contributed by atoms with Gasteiger partial charge in [0, 0.05) is 12.1 Å². The number of nitrogens with zero attached hydrogens (tertiary/aromatic N) is 2. The summed E-state index contributed by atoms with van der Waals surface area (Å²) in [5.74, 6) is -0.273. The van der Waals surface area contributed by atoms with E-state index >= 15 is 0 Å². The normalized spacial score (nSPS) is 10.7. The van der Waals surface area contributed by atoms with Crippen molar-refractivity contribution in [2.24, 2.45) is 5.73 Å². The van der Waals surface area contributed by atoms with Gasteiger partial charge in [0.15, 0.2) is 0 Å². The summed E-state index contributed by atoms with van der Waals surface area (Å²) in [6.45, 7) is 1.06. The maximum atomic E-state index is 12.8. The molecule has 1 aromatic carbocycles. The predicted octanol–water partition coefficient (Wildman–Crippen LogP) is 2.30. The summed E-state index contributed by atoms with van der Waals surface area (Å²) in [4.78, 5) is 0. The smallest absolute Gasteiger partial charge is 0.123 e. The van der Waals surface area contributed by atoms with Gasteiger partial charge in [-0.25, -0.2) is 4.39 Å². The minimum atomic E-state index is -0.273. The number of nitrogens with two attached hydrogens (primary N) is 1. The van der Waals surface area contributed by atoms with E-state index in [-0.39, 0.29) is 5.82 Å². The Hall–Kier alpha value is -1.39. The second kappa shape index (κ2) is 4.63. The molecule has 0 unspecified atom stereocenters. The van der Waals surface area contributed by atoms with E-state index in [0.717, 1.165) is 11.3 Å². The van der Waals surface area contributed by atoms with Crippen LogP contribution < -0.4 is 5.73 Å². The molecule has 16 heavy (non-hydrogen) atoms. The van der Waals surface area contributed by atoms with Crippen molar-refractivity contribution in [2.75, 3.05) is 6.54 Å². The van der Waals surface area contributed by atoms with Gasteiger partial charge in [0.25, 0.3) is 0 Å². The molecule has 0 saturated heterocycles. The monoisotopic (exact) mass is 239 g/mol. The molecule has 2 rings (SSSR count). The van der Waals surface area contributed by atoms with E-state index in [0.29, 0.717) is 18.1 Å². The Labute approximate surface area is 97.6 Å². The Morgan fingerprint density at radius 1 is 1.31 bits per heavy atom. The molecule has 0 aliphatic carbocycles. The number of aromatic nitrogens is 2. The summed E-state index contributed by atoms with van der Waals surface area (Å²) in [7, 11) is 0. The number of rotatable bonds is 3. The maximum absolute atomic E-state index is 12.8. The van der Waals surface area contributed by atoms with Gasteiger partial charge in [-0.2, -0.15) is 5.10 Å². The molecule has 3 nitrogen and oxygen atoms in total. The second-order valence-electron chi connectivity index (χ2n) is 3.36. The maximum Gasteiger partial charge on any atom is 0.123 e. The lowest BCUT2D eigenvalue weighted by Gasteiger charge is -2.06. The molecule has 0 bridgehead atoms. The standard InChI is InChI=1S/C11H11ClFN3/c12-10-7-15-16(6-5-14)11(10)8-1-3-9(13)4-2-8/h1-4,7H,5-6,14H2. The average Bonchev–Trinajstić information content (AvgIpc) is 2.62. The summed E-state index contributed by atoms with van der Waals surface area (Å²) < 4.78 is 14.5. The molecule has 5 heteroatoms. The van der Waals surface area contributed by atoms with Gasteiger partial charge in [-0.15, -0.1) is 0 Å². The lowest BCUT2D eigenvalue weighted by Crippen LogP contribution is -2.12. The van der Waals surface area contributed by atoms with E-state index in [1.54, 1.807) is 23.0 Å². The second-order valence-corrected chi connectivity index (χ2v) is 3.77. The molecule has 0 radical (unpaired) electrons. The molecule has 0 atom stereocenters. The first-order valence-electron chi connectivity index (χ1n) is 4.89. The number of hydrogen-bond donors (Lipinski definition) is 1. The van der Waals surface area contributed by atoms with Crippen LogP contribution in [-0.2, 0) is 6.54 Å². The van der Waals surface area contributed by atoms with Crippen molar-refractivity contribution >= 4 is 11.6 Å². The fraction of sp³-hybridized carbons (Fsp3) is 0.182. The highest BCUT2D eigenvalue weighted by Crippen LogP contribution is 2.27. The van der Waals surface area contributed by atoms with Gasteiger partial charge >= 0.3 is 0 Å². The molecule has 0 saturated carbocycles. The van der Waals surface area contributed by atoms with E-state index in [1.165, 1.54) is 12.1 Å². The third-order valence-corrected chi connectivity index (χ3v) is 2.53. The third kappa shape index (κ3) is 2.08. The molecule has 0 spiro atoms. The van der Waals surface area contributed by atoms with Crippen molar-refractivity contribution in [3.63, 3.8) is 0 Å². The Morgan fingerprint density at radius 3 is 2.62 bits per heavy atom. The van der Waals surface area contributed by atoms with Crippen LogP contribution in [0, 0.1) is 5.82 Å². The topological polar surface area (TPSA) is 43.8 Å². The molecular formula is C11H11ClFN3. The van der Waals surface area contributed by atoms with E-state index in [1.807, 2.05) is 0 Å². The summed E-state index contributed by atoms with van der Waals surface area (Å²) >= 11 is 6.04. The molecule has 0 aliphatic heterocycles.